The van der Waals surface area contributed by atoms with Crippen LogP contribution in [0.4, 0.5) is 5.69 Å². The fraction of sp³-hybridized carbons (Fsp3) is 0.462. The highest BCUT2D eigenvalue weighted by Crippen LogP contribution is 2.21. The molecule has 1 amide bonds. The summed E-state index contributed by atoms with van der Waals surface area (Å²) >= 11 is 3.16. The molecule has 0 radical (unpaired) electrons. The number of nitro benzene ring substituents is 1. The number of nitrogens with two attached hydrogens (primary N) is 1. The Morgan fingerprint density at radius 2 is 2.00 bits per heavy atom. The highest BCUT2D eigenvalue weighted by molar-refractivity contribution is 9.10. The molecule has 110 valence electrons. The van der Waals surface area contributed by atoms with E-state index in [1.54, 1.807) is 6.07 Å². The second kappa shape index (κ2) is 6.81. The number of nitrogens with one attached hydrogen (secondary N) is 1. The number of carbonyl (C=O) groups is 1. The van der Waals surface area contributed by atoms with Crippen LogP contribution in [0.15, 0.2) is 22.7 Å². The Kier molecular flexibility index (Phi) is 5.64. The average molecular weight is 344 g/mol. The lowest BCUT2D eigenvalue weighted by molar-refractivity contribution is -0.385. The SMILES string of the molecule is CCC(N)(CC)CNC(=O)c1cc(Br)cc([N+](=O)[O-])c1. The number of carbonyl (C=O) groups excluding carboxylic acids is 1. The van der Waals surface area contributed by atoms with Gasteiger partial charge >= 0.3 is 0 Å². The minimum atomic E-state index is -0.535. The van der Waals surface area contributed by atoms with Crippen LogP contribution in [0.1, 0.15) is 37.0 Å². The van der Waals surface area contributed by atoms with Crippen LogP contribution in [0.3, 0.4) is 0 Å². The van der Waals surface area contributed by atoms with Crippen LogP contribution in [0.5, 0.6) is 0 Å². The molecule has 0 saturated heterocycles. The number of rotatable bonds is 6. The van der Waals surface area contributed by atoms with E-state index in [0.29, 0.717) is 11.0 Å². The monoisotopic (exact) mass is 343 g/mol. The fourth-order valence-electron chi connectivity index (χ4n) is 1.67. The zero-order chi connectivity index (χ0) is 15.3. The third-order valence-electron chi connectivity index (χ3n) is 3.36. The molecule has 0 saturated carbocycles. The molecule has 0 fully saturated rings. The molecule has 0 unspecified atom stereocenters. The van der Waals surface area contributed by atoms with Crippen molar-refractivity contribution in [3.8, 4) is 0 Å². The van der Waals surface area contributed by atoms with Gasteiger partial charge in [-0.15, -0.1) is 0 Å². The number of nitro groups is 1. The summed E-state index contributed by atoms with van der Waals surface area (Å²) in [5, 5.41) is 13.5. The van der Waals surface area contributed by atoms with Gasteiger partial charge in [0, 0.05) is 34.3 Å². The van der Waals surface area contributed by atoms with E-state index in [1.165, 1.54) is 12.1 Å². The highest BCUT2D eigenvalue weighted by Gasteiger charge is 2.22. The molecule has 0 bridgehead atoms. The van der Waals surface area contributed by atoms with Gasteiger partial charge in [0.2, 0.25) is 0 Å². The molecule has 0 spiro atoms. The predicted octanol–water partition coefficient (Wildman–Crippen LogP) is 2.60. The highest BCUT2D eigenvalue weighted by atomic mass is 79.9. The second-order valence-electron chi connectivity index (χ2n) is 4.71. The van der Waals surface area contributed by atoms with Crippen LogP contribution in [-0.2, 0) is 0 Å². The van der Waals surface area contributed by atoms with Crippen LogP contribution in [0, 0.1) is 10.1 Å². The lowest BCUT2D eigenvalue weighted by Gasteiger charge is -2.26. The fourth-order valence-corrected chi connectivity index (χ4v) is 2.15. The third kappa shape index (κ3) is 4.28. The zero-order valence-corrected chi connectivity index (χ0v) is 13.1. The summed E-state index contributed by atoms with van der Waals surface area (Å²) in [6.45, 7) is 4.25. The van der Waals surface area contributed by atoms with Crippen LogP contribution in [0.2, 0.25) is 0 Å². The van der Waals surface area contributed by atoms with E-state index < -0.39 is 10.5 Å². The van der Waals surface area contributed by atoms with E-state index in [2.05, 4.69) is 21.2 Å². The number of amides is 1. The Labute approximate surface area is 126 Å². The molecule has 6 nitrogen and oxygen atoms in total. The van der Waals surface area contributed by atoms with E-state index in [-0.39, 0.29) is 17.2 Å². The van der Waals surface area contributed by atoms with Crippen LogP contribution in [0.25, 0.3) is 0 Å². The molecule has 0 aliphatic carbocycles. The van der Waals surface area contributed by atoms with Gasteiger partial charge in [0.05, 0.1) is 4.92 Å². The molecular weight excluding hydrogens is 326 g/mol. The molecule has 0 aromatic heterocycles. The van der Waals surface area contributed by atoms with E-state index >= 15 is 0 Å². The molecule has 3 N–H and O–H groups in total. The minimum absolute atomic E-state index is 0.130. The normalized spacial score (nSPS) is 11.2. The average Bonchev–Trinajstić information content (AvgIpc) is 2.43. The second-order valence-corrected chi connectivity index (χ2v) is 5.62. The van der Waals surface area contributed by atoms with Gasteiger partial charge in [-0.2, -0.15) is 0 Å². The zero-order valence-electron chi connectivity index (χ0n) is 11.5. The van der Waals surface area contributed by atoms with E-state index in [9.17, 15) is 14.9 Å². The summed E-state index contributed by atoms with van der Waals surface area (Å²) in [5.74, 6) is -0.369. The van der Waals surface area contributed by atoms with Gasteiger partial charge in [-0.3, -0.25) is 14.9 Å². The molecule has 0 heterocycles. The number of halogens is 1. The van der Waals surface area contributed by atoms with Crippen molar-refractivity contribution in [3.63, 3.8) is 0 Å². The van der Waals surface area contributed by atoms with Crippen LogP contribution >= 0.6 is 15.9 Å². The Morgan fingerprint density at radius 3 is 2.50 bits per heavy atom. The largest absolute Gasteiger partial charge is 0.350 e. The molecule has 0 atom stereocenters. The van der Waals surface area contributed by atoms with Crippen molar-refractivity contribution in [1.82, 2.24) is 5.32 Å². The first-order valence-electron chi connectivity index (χ1n) is 6.33. The number of hydrogen-bond donors (Lipinski definition) is 2. The standard InChI is InChI=1S/C13H18BrN3O3/c1-3-13(15,4-2)8-16-12(18)9-5-10(14)7-11(6-9)17(19)20/h5-7H,3-4,8,15H2,1-2H3,(H,16,18). The quantitative estimate of drug-likeness (QED) is 0.612. The van der Waals surface area contributed by atoms with Gasteiger partial charge < -0.3 is 11.1 Å². The van der Waals surface area contributed by atoms with Crippen molar-refractivity contribution in [2.24, 2.45) is 5.73 Å². The summed E-state index contributed by atoms with van der Waals surface area (Å²) in [5.41, 5.74) is 5.75. The number of hydrogen-bond acceptors (Lipinski definition) is 4. The summed E-state index contributed by atoms with van der Waals surface area (Å²) in [6.07, 6.45) is 1.48. The number of non-ortho nitro benzene ring substituents is 1. The van der Waals surface area contributed by atoms with E-state index in [0.717, 1.165) is 12.8 Å². The van der Waals surface area contributed by atoms with E-state index in [1.807, 2.05) is 13.8 Å². The summed E-state index contributed by atoms with van der Waals surface area (Å²) in [4.78, 5) is 22.3. The van der Waals surface area contributed by atoms with Gasteiger partial charge in [-0.1, -0.05) is 29.8 Å². The lowest BCUT2D eigenvalue weighted by Crippen LogP contribution is -2.49. The Hall–Kier alpha value is -1.47. The molecule has 1 aromatic carbocycles. The summed E-state index contributed by atoms with van der Waals surface area (Å²) < 4.78 is 0.488. The first kappa shape index (κ1) is 16.6. The van der Waals surface area contributed by atoms with Gasteiger partial charge in [0.25, 0.3) is 11.6 Å². The van der Waals surface area contributed by atoms with Crippen molar-refractivity contribution in [3.05, 3.63) is 38.3 Å². The van der Waals surface area contributed by atoms with Crippen molar-refractivity contribution in [2.45, 2.75) is 32.2 Å². The Bertz CT molecular complexity index is 516. The van der Waals surface area contributed by atoms with Crippen LogP contribution in [-0.4, -0.2) is 22.9 Å². The first-order valence-corrected chi connectivity index (χ1v) is 7.12. The van der Waals surface area contributed by atoms with E-state index in [4.69, 9.17) is 5.73 Å². The van der Waals surface area contributed by atoms with Crippen molar-refractivity contribution in [2.75, 3.05) is 6.54 Å². The molecule has 1 rings (SSSR count). The van der Waals surface area contributed by atoms with Gasteiger partial charge in [0.15, 0.2) is 0 Å². The molecule has 0 aliphatic heterocycles. The molecule has 20 heavy (non-hydrogen) atoms. The van der Waals surface area contributed by atoms with Crippen molar-refractivity contribution >= 4 is 27.5 Å². The topological polar surface area (TPSA) is 98.3 Å². The van der Waals surface area contributed by atoms with Crippen molar-refractivity contribution in [1.29, 1.82) is 0 Å². The maximum atomic E-state index is 12.0. The van der Waals surface area contributed by atoms with Crippen molar-refractivity contribution < 1.29 is 9.72 Å². The molecule has 0 aliphatic rings. The maximum absolute atomic E-state index is 12.0. The summed E-state index contributed by atoms with van der Waals surface area (Å²) in [6, 6.07) is 4.14. The Morgan fingerprint density at radius 1 is 1.40 bits per heavy atom. The minimum Gasteiger partial charge on any atom is -0.350 e. The van der Waals surface area contributed by atoms with Gasteiger partial charge in [-0.25, -0.2) is 0 Å². The first-order chi connectivity index (χ1) is 9.31. The number of nitrogens with zero attached hydrogens (tertiary/aromatic N) is 1. The maximum Gasteiger partial charge on any atom is 0.271 e. The summed E-state index contributed by atoms with van der Waals surface area (Å²) in [7, 11) is 0. The smallest absolute Gasteiger partial charge is 0.271 e. The Balaban J connectivity index is 2.85. The van der Waals surface area contributed by atoms with Gasteiger partial charge in [0.1, 0.15) is 0 Å². The number of benzene rings is 1. The van der Waals surface area contributed by atoms with Crippen LogP contribution < -0.4 is 11.1 Å². The molecule has 1 aromatic rings. The molecular formula is C13H18BrN3O3. The van der Waals surface area contributed by atoms with Gasteiger partial charge in [-0.05, 0) is 18.9 Å². The lowest BCUT2D eigenvalue weighted by atomic mass is 9.94. The molecule has 7 heteroatoms. The predicted molar refractivity (Wildman–Crippen MR) is 80.6 cm³/mol. The third-order valence-corrected chi connectivity index (χ3v) is 3.82.